The number of halogens is 1. The van der Waals surface area contributed by atoms with Crippen molar-refractivity contribution in [3.05, 3.63) is 59.9 Å². The minimum Gasteiger partial charge on any atom is -0.481 e. The quantitative estimate of drug-likeness (QED) is 0.612. The molecule has 0 saturated carbocycles. The molecule has 4 heteroatoms. The number of hydrogen-bond donors (Lipinski definition) is 1. The van der Waals surface area contributed by atoms with Crippen LogP contribution in [-0.2, 0) is 4.79 Å². The van der Waals surface area contributed by atoms with E-state index in [4.69, 9.17) is 5.11 Å². The lowest BCUT2D eigenvalue weighted by Crippen LogP contribution is -2.04. The van der Waals surface area contributed by atoms with Crippen LogP contribution in [0.1, 0.15) is 36.0 Å². The van der Waals surface area contributed by atoms with E-state index in [9.17, 15) is 14.0 Å². The van der Waals surface area contributed by atoms with Crippen molar-refractivity contribution in [3.8, 4) is 11.1 Å². The number of carbonyl (C=O) groups excluding carboxylic acids is 1. The predicted octanol–water partition coefficient (Wildman–Crippen LogP) is 4.32. The van der Waals surface area contributed by atoms with Crippen molar-refractivity contribution < 1.29 is 19.1 Å². The molecule has 0 spiro atoms. The van der Waals surface area contributed by atoms with Gasteiger partial charge in [0, 0.05) is 18.4 Å². The fourth-order valence-corrected chi connectivity index (χ4v) is 2.28. The number of aliphatic carboxylic acids is 1. The van der Waals surface area contributed by atoms with E-state index in [1.165, 1.54) is 6.07 Å². The number of ketones is 1. The van der Waals surface area contributed by atoms with E-state index in [1.54, 1.807) is 24.3 Å². The number of carboxylic acids is 1. The fraction of sp³-hybridized carbons (Fsp3) is 0.222. The fourth-order valence-electron chi connectivity index (χ4n) is 2.28. The number of carboxylic acid groups (broad SMARTS) is 1. The third kappa shape index (κ3) is 4.01. The predicted molar refractivity (Wildman–Crippen MR) is 82.3 cm³/mol. The van der Waals surface area contributed by atoms with Crippen molar-refractivity contribution in [2.45, 2.75) is 25.7 Å². The van der Waals surface area contributed by atoms with Crippen LogP contribution in [0.2, 0.25) is 0 Å². The van der Waals surface area contributed by atoms with Gasteiger partial charge in [0.2, 0.25) is 0 Å². The highest BCUT2D eigenvalue weighted by Crippen LogP contribution is 2.25. The number of benzene rings is 2. The van der Waals surface area contributed by atoms with Gasteiger partial charge in [0.1, 0.15) is 5.82 Å². The number of Topliss-reactive ketones (excluding diaryl/α,β-unsaturated/α-hetero) is 1. The highest BCUT2D eigenvalue weighted by molar-refractivity contribution is 5.97. The molecular formula is C18H17FO3. The summed E-state index contributed by atoms with van der Waals surface area (Å²) < 4.78 is 14.5. The minimum absolute atomic E-state index is 0.0276. The molecule has 0 heterocycles. The average molecular weight is 300 g/mol. The van der Waals surface area contributed by atoms with Crippen molar-refractivity contribution in [1.29, 1.82) is 0 Å². The number of rotatable bonds is 7. The molecule has 2 aromatic rings. The second kappa shape index (κ2) is 7.50. The van der Waals surface area contributed by atoms with Gasteiger partial charge in [0.05, 0.1) is 5.56 Å². The zero-order valence-electron chi connectivity index (χ0n) is 12.1. The Bertz CT molecular complexity index is 665. The van der Waals surface area contributed by atoms with Crippen LogP contribution in [0.3, 0.4) is 0 Å². The standard InChI is InChI=1S/C18H17FO3/c19-18-14(13-7-2-1-3-8-13)9-6-10-15(18)16(20)11-4-5-12-17(21)22/h1-3,6-10H,4-5,11-12H2,(H,21,22). The van der Waals surface area contributed by atoms with E-state index in [1.807, 2.05) is 18.2 Å². The van der Waals surface area contributed by atoms with Crippen LogP contribution >= 0.6 is 0 Å². The van der Waals surface area contributed by atoms with Crippen molar-refractivity contribution in [2.75, 3.05) is 0 Å². The van der Waals surface area contributed by atoms with Gasteiger partial charge in [0.25, 0.3) is 0 Å². The molecule has 2 rings (SSSR count). The maximum Gasteiger partial charge on any atom is 0.303 e. The lowest BCUT2D eigenvalue weighted by Gasteiger charge is -2.08. The van der Waals surface area contributed by atoms with Gasteiger partial charge >= 0.3 is 5.97 Å². The zero-order valence-corrected chi connectivity index (χ0v) is 12.1. The van der Waals surface area contributed by atoms with E-state index in [2.05, 4.69) is 0 Å². The van der Waals surface area contributed by atoms with Crippen LogP contribution in [0.25, 0.3) is 11.1 Å². The van der Waals surface area contributed by atoms with Crippen molar-refractivity contribution in [1.82, 2.24) is 0 Å². The maximum absolute atomic E-state index is 14.5. The molecule has 0 radical (unpaired) electrons. The van der Waals surface area contributed by atoms with E-state index in [0.29, 0.717) is 18.4 Å². The average Bonchev–Trinajstić information content (AvgIpc) is 2.52. The van der Waals surface area contributed by atoms with Crippen molar-refractivity contribution in [2.24, 2.45) is 0 Å². The third-order valence-corrected chi connectivity index (χ3v) is 3.43. The molecule has 0 saturated heterocycles. The molecular weight excluding hydrogens is 283 g/mol. The molecule has 0 aliphatic rings. The Morgan fingerprint density at radius 3 is 2.27 bits per heavy atom. The lowest BCUT2D eigenvalue weighted by atomic mass is 9.98. The molecule has 22 heavy (non-hydrogen) atoms. The highest BCUT2D eigenvalue weighted by Gasteiger charge is 2.15. The molecule has 3 nitrogen and oxygen atoms in total. The smallest absolute Gasteiger partial charge is 0.303 e. The van der Waals surface area contributed by atoms with Gasteiger partial charge in [0.15, 0.2) is 5.78 Å². The second-order valence-electron chi connectivity index (χ2n) is 5.06. The summed E-state index contributed by atoms with van der Waals surface area (Å²) in [7, 11) is 0. The van der Waals surface area contributed by atoms with E-state index < -0.39 is 11.8 Å². The molecule has 0 unspecified atom stereocenters. The zero-order chi connectivity index (χ0) is 15.9. The molecule has 0 amide bonds. The van der Waals surface area contributed by atoms with Crippen LogP contribution < -0.4 is 0 Å². The van der Waals surface area contributed by atoms with E-state index in [0.717, 1.165) is 5.56 Å². The molecule has 0 atom stereocenters. The lowest BCUT2D eigenvalue weighted by molar-refractivity contribution is -0.137. The first-order valence-electron chi connectivity index (χ1n) is 7.18. The van der Waals surface area contributed by atoms with Crippen LogP contribution in [-0.4, -0.2) is 16.9 Å². The summed E-state index contributed by atoms with van der Waals surface area (Å²) in [6, 6.07) is 13.8. The Balaban J connectivity index is 2.12. The summed E-state index contributed by atoms with van der Waals surface area (Å²) in [5.74, 6) is -1.69. The molecule has 114 valence electrons. The Labute approximate surface area is 128 Å². The maximum atomic E-state index is 14.5. The van der Waals surface area contributed by atoms with Gasteiger partial charge in [-0.15, -0.1) is 0 Å². The van der Waals surface area contributed by atoms with Gasteiger partial charge in [-0.3, -0.25) is 9.59 Å². The SMILES string of the molecule is O=C(O)CCCCC(=O)c1cccc(-c2ccccc2)c1F. The molecule has 2 aromatic carbocycles. The molecule has 0 aliphatic heterocycles. The Morgan fingerprint density at radius 2 is 1.59 bits per heavy atom. The minimum atomic E-state index is -0.885. The van der Waals surface area contributed by atoms with Gasteiger partial charge in [-0.25, -0.2) is 4.39 Å². The van der Waals surface area contributed by atoms with Crippen LogP contribution in [0.4, 0.5) is 4.39 Å². The van der Waals surface area contributed by atoms with Gasteiger partial charge in [-0.2, -0.15) is 0 Å². The topological polar surface area (TPSA) is 54.4 Å². The Morgan fingerprint density at radius 1 is 0.909 bits per heavy atom. The first kappa shape index (κ1) is 15.9. The molecule has 0 fully saturated rings. The normalized spacial score (nSPS) is 10.4. The number of unbranched alkanes of at least 4 members (excludes halogenated alkanes) is 1. The van der Waals surface area contributed by atoms with Crippen LogP contribution in [0.5, 0.6) is 0 Å². The van der Waals surface area contributed by atoms with Gasteiger partial charge in [-0.1, -0.05) is 42.5 Å². The monoisotopic (exact) mass is 300 g/mol. The summed E-state index contributed by atoms with van der Waals surface area (Å²) in [4.78, 5) is 22.5. The first-order valence-corrected chi connectivity index (χ1v) is 7.18. The van der Waals surface area contributed by atoms with Gasteiger partial charge in [-0.05, 0) is 24.5 Å². The summed E-state index contributed by atoms with van der Waals surface area (Å²) in [6.45, 7) is 0. The molecule has 1 N–H and O–H groups in total. The van der Waals surface area contributed by atoms with Crippen molar-refractivity contribution >= 4 is 11.8 Å². The molecule has 0 bridgehead atoms. The summed E-state index contributed by atoms with van der Waals surface area (Å²) >= 11 is 0. The first-order chi connectivity index (χ1) is 10.6. The molecule has 0 aromatic heterocycles. The van der Waals surface area contributed by atoms with Crippen LogP contribution in [0.15, 0.2) is 48.5 Å². The third-order valence-electron chi connectivity index (χ3n) is 3.43. The summed E-state index contributed by atoms with van der Waals surface area (Å²) in [5.41, 5.74) is 1.19. The largest absolute Gasteiger partial charge is 0.481 e. The van der Waals surface area contributed by atoms with E-state index >= 15 is 0 Å². The van der Waals surface area contributed by atoms with Crippen LogP contribution in [0, 0.1) is 5.82 Å². The molecule has 0 aliphatic carbocycles. The van der Waals surface area contributed by atoms with Crippen molar-refractivity contribution in [3.63, 3.8) is 0 Å². The second-order valence-corrected chi connectivity index (χ2v) is 5.06. The number of carbonyl (C=O) groups is 2. The number of hydrogen-bond acceptors (Lipinski definition) is 2. The van der Waals surface area contributed by atoms with Gasteiger partial charge < -0.3 is 5.11 Å². The highest BCUT2D eigenvalue weighted by atomic mass is 19.1. The summed E-state index contributed by atoms with van der Waals surface area (Å²) in [6.07, 6.45) is 1.05. The van der Waals surface area contributed by atoms with E-state index in [-0.39, 0.29) is 24.2 Å². The summed E-state index contributed by atoms with van der Waals surface area (Å²) in [5, 5.41) is 8.56. The Kier molecular flexibility index (Phi) is 5.42. The Hall–Kier alpha value is -2.49.